The number of aromatic nitrogens is 1. The highest BCUT2D eigenvalue weighted by molar-refractivity contribution is 7.99. The van der Waals surface area contributed by atoms with Gasteiger partial charge in [0, 0.05) is 23.5 Å². The maximum absolute atomic E-state index is 13.4. The molecule has 0 fully saturated rings. The van der Waals surface area contributed by atoms with E-state index in [1.165, 1.54) is 23.9 Å². The maximum Gasteiger partial charge on any atom is 0.237 e. The molecule has 22 heavy (non-hydrogen) atoms. The van der Waals surface area contributed by atoms with Crippen LogP contribution in [0.5, 0.6) is 0 Å². The molecule has 0 radical (unpaired) electrons. The normalized spacial score (nSPS) is 13.5. The molecule has 1 aromatic heterocycles. The number of rotatable bonds is 4. The predicted octanol–water partition coefficient (Wildman–Crippen LogP) is 3.25. The van der Waals surface area contributed by atoms with Gasteiger partial charge >= 0.3 is 0 Å². The minimum Gasteiger partial charge on any atom is -0.361 e. The van der Waals surface area contributed by atoms with Gasteiger partial charge in [-0.3, -0.25) is 4.79 Å². The number of anilines is 1. The smallest absolute Gasteiger partial charge is 0.237 e. The Labute approximate surface area is 132 Å². The Morgan fingerprint density at radius 2 is 2.27 bits per heavy atom. The van der Waals surface area contributed by atoms with Crippen LogP contribution in [-0.2, 0) is 17.0 Å². The Morgan fingerprint density at radius 3 is 3.00 bits per heavy atom. The van der Waals surface area contributed by atoms with Gasteiger partial charge in [0.15, 0.2) is 0 Å². The monoisotopic (exact) mass is 320 g/mol. The summed E-state index contributed by atoms with van der Waals surface area (Å²) >= 11 is 1.53. The summed E-state index contributed by atoms with van der Waals surface area (Å²) in [6, 6.07) is 4.65. The van der Waals surface area contributed by atoms with Gasteiger partial charge in [-0.15, -0.1) is 11.8 Å². The first-order valence-electron chi connectivity index (χ1n) is 7.14. The standard InChI is InChI=1S/C16H17FN2O2S/c1-10-14(11(2)21-18-10)8-22-9-16(20)19-6-5-12-3-4-13(17)7-15(12)19/h3-4,7H,5-6,8-9H2,1-2H3. The van der Waals surface area contributed by atoms with Crippen LogP contribution >= 0.6 is 11.8 Å². The van der Waals surface area contributed by atoms with Gasteiger partial charge in [-0.05, 0) is 38.0 Å². The SMILES string of the molecule is Cc1noc(C)c1CSCC(=O)N1CCc2ccc(F)cc21. The molecule has 0 spiro atoms. The van der Waals surface area contributed by atoms with E-state index in [0.29, 0.717) is 23.7 Å². The second-order valence-corrected chi connectivity index (χ2v) is 6.35. The van der Waals surface area contributed by atoms with Crippen molar-refractivity contribution >= 4 is 23.4 Å². The fraction of sp³-hybridized carbons (Fsp3) is 0.375. The van der Waals surface area contributed by atoms with Crippen LogP contribution in [0.2, 0.25) is 0 Å². The second kappa shape index (κ2) is 6.12. The average molecular weight is 320 g/mol. The van der Waals surface area contributed by atoms with Crippen LogP contribution in [0, 0.1) is 19.7 Å². The number of aryl methyl sites for hydroxylation is 2. The Hall–Kier alpha value is -1.82. The number of fused-ring (bicyclic) bond motifs is 1. The molecule has 1 aromatic carbocycles. The van der Waals surface area contributed by atoms with Crippen LogP contribution < -0.4 is 4.90 Å². The third-order valence-corrected chi connectivity index (χ3v) is 4.84. The van der Waals surface area contributed by atoms with Crippen molar-refractivity contribution in [1.29, 1.82) is 0 Å². The van der Waals surface area contributed by atoms with Crippen molar-refractivity contribution in [2.75, 3.05) is 17.2 Å². The van der Waals surface area contributed by atoms with Gasteiger partial charge in [-0.25, -0.2) is 4.39 Å². The number of carbonyl (C=O) groups is 1. The first-order chi connectivity index (χ1) is 10.6. The number of hydrogen-bond donors (Lipinski definition) is 0. The maximum atomic E-state index is 13.4. The van der Waals surface area contributed by atoms with Crippen LogP contribution in [0.4, 0.5) is 10.1 Å². The lowest BCUT2D eigenvalue weighted by atomic mass is 10.2. The number of halogens is 1. The van der Waals surface area contributed by atoms with Crippen LogP contribution in [0.3, 0.4) is 0 Å². The van der Waals surface area contributed by atoms with Crippen LogP contribution in [0.25, 0.3) is 0 Å². The number of hydrogen-bond acceptors (Lipinski definition) is 4. The molecule has 0 N–H and O–H groups in total. The fourth-order valence-electron chi connectivity index (χ4n) is 2.64. The molecule has 1 aliphatic heterocycles. The zero-order valence-corrected chi connectivity index (χ0v) is 13.4. The molecule has 4 nitrogen and oxygen atoms in total. The molecule has 2 aromatic rings. The van der Waals surface area contributed by atoms with Gasteiger partial charge in [-0.1, -0.05) is 11.2 Å². The highest BCUT2D eigenvalue weighted by Crippen LogP contribution is 2.29. The summed E-state index contributed by atoms with van der Waals surface area (Å²) in [5.74, 6) is 1.56. The highest BCUT2D eigenvalue weighted by Gasteiger charge is 2.25. The van der Waals surface area contributed by atoms with E-state index in [-0.39, 0.29) is 11.7 Å². The van der Waals surface area contributed by atoms with Gasteiger partial charge in [0.1, 0.15) is 11.6 Å². The summed E-state index contributed by atoms with van der Waals surface area (Å²) in [4.78, 5) is 14.0. The van der Waals surface area contributed by atoms with Gasteiger partial charge in [0.05, 0.1) is 11.4 Å². The topological polar surface area (TPSA) is 46.3 Å². The largest absolute Gasteiger partial charge is 0.361 e. The van der Waals surface area contributed by atoms with Crippen LogP contribution in [0.15, 0.2) is 22.7 Å². The molecule has 1 aliphatic rings. The molecule has 0 atom stereocenters. The van der Waals surface area contributed by atoms with E-state index >= 15 is 0 Å². The second-order valence-electron chi connectivity index (χ2n) is 5.36. The molecule has 0 aliphatic carbocycles. The van der Waals surface area contributed by atoms with Crippen molar-refractivity contribution in [2.24, 2.45) is 0 Å². The summed E-state index contributed by atoms with van der Waals surface area (Å²) in [5.41, 5.74) is 3.66. The quantitative estimate of drug-likeness (QED) is 0.867. The molecule has 6 heteroatoms. The van der Waals surface area contributed by atoms with Gasteiger partial charge in [0.25, 0.3) is 0 Å². The lowest BCUT2D eigenvalue weighted by Crippen LogP contribution is -2.30. The van der Waals surface area contributed by atoms with E-state index < -0.39 is 0 Å². The Kier molecular flexibility index (Phi) is 4.20. The predicted molar refractivity (Wildman–Crippen MR) is 84.6 cm³/mol. The number of thioether (sulfide) groups is 1. The van der Waals surface area contributed by atoms with E-state index in [0.717, 1.165) is 29.0 Å². The number of benzene rings is 1. The van der Waals surface area contributed by atoms with Crippen molar-refractivity contribution in [3.05, 3.63) is 46.6 Å². The van der Waals surface area contributed by atoms with E-state index in [2.05, 4.69) is 5.16 Å². The third kappa shape index (κ3) is 2.88. The summed E-state index contributed by atoms with van der Waals surface area (Å²) in [6.07, 6.45) is 0.788. The number of amides is 1. The molecule has 2 heterocycles. The first kappa shape index (κ1) is 15.1. The van der Waals surface area contributed by atoms with Gasteiger partial charge in [0.2, 0.25) is 5.91 Å². The summed E-state index contributed by atoms with van der Waals surface area (Å²) in [6.45, 7) is 4.40. The zero-order valence-electron chi connectivity index (χ0n) is 12.6. The summed E-state index contributed by atoms with van der Waals surface area (Å²) in [5, 5.41) is 3.91. The highest BCUT2D eigenvalue weighted by atomic mass is 32.2. The van der Waals surface area contributed by atoms with Gasteiger partial charge in [-0.2, -0.15) is 0 Å². The fourth-order valence-corrected chi connectivity index (χ4v) is 3.69. The Bertz CT molecular complexity index is 695. The number of carbonyl (C=O) groups excluding carboxylic acids is 1. The summed E-state index contributed by atoms with van der Waals surface area (Å²) < 4.78 is 18.5. The lowest BCUT2D eigenvalue weighted by Gasteiger charge is -2.17. The van der Waals surface area contributed by atoms with E-state index in [1.54, 1.807) is 11.0 Å². The first-order valence-corrected chi connectivity index (χ1v) is 8.30. The van der Waals surface area contributed by atoms with Crippen molar-refractivity contribution in [3.63, 3.8) is 0 Å². The minimum absolute atomic E-state index is 0.0149. The lowest BCUT2D eigenvalue weighted by molar-refractivity contribution is -0.116. The van der Waals surface area contributed by atoms with Crippen LogP contribution in [-0.4, -0.2) is 23.4 Å². The molecular formula is C16H17FN2O2S. The Morgan fingerprint density at radius 1 is 1.45 bits per heavy atom. The van der Waals surface area contributed by atoms with Gasteiger partial charge < -0.3 is 9.42 Å². The number of nitrogens with zero attached hydrogens (tertiary/aromatic N) is 2. The van der Waals surface area contributed by atoms with Crippen LogP contribution in [0.1, 0.15) is 22.6 Å². The van der Waals surface area contributed by atoms with E-state index in [9.17, 15) is 9.18 Å². The molecular weight excluding hydrogens is 303 g/mol. The molecule has 3 rings (SSSR count). The molecule has 0 unspecified atom stereocenters. The van der Waals surface area contributed by atoms with E-state index in [4.69, 9.17) is 4.52 Å². The Balaban J connectivity index is 1.61. The average Bonchev–Trinajstić information content (AvgIpc) is 3.04. The minimum atomic E-state index is -0.304. The third-order valence-electron chi connectivity index (χ3n) is 3.90. The van der Waals surface area contributed by atoms with Crippen molar-refractivity contribution in [1.82, 2.24) is 5.16 Å². The zero-order chi connectivity index (χ0) is 15.7. The van der Waals surface area contributed by atoms with Crippen molar-refractivity contribution in [2.45, 2.75) is 26.0 Å². The summed E-state index contributed by atoms with van der Waals surface area (Å²) in [7, 11) is 0. The molecule has 1 amide bonds. The molecule has 116 valence electrons. The molecule has 0 bridgehead atoms. The van der Waals surface area contributed by atoms with Crippen molar-refractivity contribution < 1.29 is 13.7 Å². The molecule has 0 saturated heterocycles. The molecule has 0 saturated carbocycles. The van der Waals surface area contributed by atoms with E-state index in [1.807, 2.05) is 13.8 Å². The van der Waals surface area contributed by atoms with Crippen molar-refractivity contribution in [3.8, 4) is 0 Å².